The van der Waals surface area contributed by atoms with Crippen molar-refractivity contribution in [1.29, 1.82) is 0 Å². The normalized spacial score (nSPS) is 10.1. The summed E-state index contributed by atoms with van der Waals surface area (Å²) < 4.78 is 4.53. The Bertz CT molecular complexity index is 477. The average Bonchev–Trinajstić information content (AvgIpc) is 2.40. The van der Waals surface area contributed by atoms with Gasteiger partial charge in [0, 0.05) is 20.0 Å². The van der Waals surface area contributed by atoms with Gasteiger partial charge in [-0.25, -0.2) is 0 Å². The number of carbonyl (C=O) groups is 2. The molecule has 0 atom stereocenters. The van der Waals surface area contributed by atoms with Gasteiger partial charge in [-0.2, -0.15) is 0 Å². The Balaban J connectivity index is 2.62. The topological polar surface area (TPSA) is 46.6 Å². The standard InChI is InChI=1S/C13H15Cl2NO3/c1-16(8-4-7-11(17)19-2)13(18)9-5-3-6-10(14)12(9)15/h3,5-6H,4,7-8H2,1-2H3. The van der Waals surface area contributed by atoms with Crippen LogP contribution in [0.1, 0.15) is 23.2 Å². The molecule has 0 unspecified atom stereocenters. The Hall–Kier alpha value is -1.26. The smallest absolute Gasteiger partial charge is 0.305 e. The molecule has 6 heteroatoms. The van der Waals surface area contributed by atoms with Crippen LogP contribution in [-0.2, 0) is 9.53 Å². The number of benzene rings is 1. The predicted octanol–water partition coefficient (Wildman–Crippen LogP) is 3.02. The summed E-state index contributed by atoms with van der Waals surface area (Å²) in [4.78, 5) is 24.6. The van der Waals surface area contributed by atoms with E-state index in [1.165, 1.54) is 12.0 Å². The molecule has 0 fully saturated rings. The molecule has 0 aliphatic heterocycles. The Labute approximate surface area is 122 Å². The minimum Gasteiger partial charge on any atom is -0.469 e. The third kappa shape index (κ3) is 4.40. The molecule has 0 spiro atoms. The van der Waals surface area contributed by atoms with E-state index in [-0.39, 0.29) is 23.3 Å². The quantitative estimate of drug-likeness (QED) is 0.786. The first-order valence-corrected chi connectivity index (χ1v) is 6.49. The van der Waals surface area contributed by atoms with Crippen molar-refractivity contribution in [3.8, 4) is 0 Å². The molecular weight excluding hydrogens is 289 g/mol. The van der Waals surface area contributed by atoms with Gasteiger partial charge in [0.2, 0.25) is 0 Å². The third-order valence-electron chi connectivity index (χ3n) is 2.63. The van der Waals surface area contributed by atoms with Gasteiger partial charge in [0.05, 0.1) is 22.7 Å². The molecule has 19 heavy (non-hydrogen) atoms. The molecule has 1 rings (SSSR count). The molecule has 0 bridgehead atoms. The first kappa shape index (κ1) is 15.8. The van der Waals surface area contributed by atoms with Crippen LogP contribution in [0, 0.1) is 0 Å². The van der Waals surface area contributed by atoms with Crippen LogP contribution in [0.4, 0.5) is 0 Å². The number of amides is 1. The van der Waals surface area contributed by atoms with E-state index >= 15 is 0 Å². The molecule has 104 valence electrons. The SMILES string of the molecule is COC(=O)CCCN(C)C(=O)c1cccc(Cl)c1Cl. The number of halogens is 2. The van der Waals surface area contributed by atoms with Gasteiger partial charge in [0.25, 0.3) is 5.91 Å². The van der Waals surface area contributed by atoms with Crippen molar-refractivity contribution in [3.63, 3.8) is 0 Å². The van der Waals surface area contributed by atoms with Crippen molar-refractivity contribution in [3.05, 3.63) is 33.8 Å². The summed E-state index contributed by atoms with van der Waals surface area (Å²) in [6, 6.07) is 4.91. The van der Waals surface area contributed by atoms with E-state index in [0.717, 1.165) is 0 Å². The minimum atomic E-state index is -0.290. The fraction of sp³-hybridized carbons (Fsp3) is 0.385. The molecule has 1 aromatic carbocycles. The lowest BCUT2D eigenvalue weighted by Gasteiger charge is -2.17. The predicted molar refractivity (Wildman–Crippen MR) is 74.7 cm³/mol. The van der Waals surface area contributed by atoms with Gasteiger partial charge in [-0.15, -0.1) is 0 Å². The maximum absolute atomic E-state index is 12.1. The monoisotopic (exact) mass is 303 g/mol. The van der Waals surface area contributed by atoms with Gasteiger partial charge in [-0.1, -0.05) is 29.3 Å². The van der Waals surface area contributed by atoms with Crippen molar-refractivity contribution < 1.29 is 14.3 Å². The summed E-state index contributed by atoms with van der Waals surface area (Å²) in [6.45, 7) is 0.441. The number of hydrogen-bond acceptors (Lipinski definition) is 3. The summed E-state index contributed by atoms with van der Waals surface area (Å²) in [5.74, 6) is -0.515. The van der Waals surface area contributed by atoms with Crippen molar-refractivity contribution >= 4 is 35.1 Å². The number of hydrogen-bond donors (Lipinski definition) is 0. The maximum atomic E-state index is 12.1. The van der Waals surface area contributed by atoms with Crippen molar-refractivity contribution in [2.24, 2.45) is 0 Å². The van der Waals surface area contributed by atoms with Crippen molar-refractivity contribution in [1.82, 2.24) is 4.90 Å². The first-order chi connectivity index (χ1) is 8.97. The highest BCUT2D eigenvalue weighted by molar-refractivity contribution is 6.43. The second-order valence-corrected chi connectivity index (χ2v) is 4.79. The molecule has 4 nitrogen and oxygen atoms in total. The van der Waals surface area contributed by atoms with Gasteiger partial charge in [-0.3, -0.25) is 9.59 Å². The number of nitrogens with zero attached hydrogens (tertiary/aromatic N) is 1. The first-order valence-electron chi connectivity index (χ1n) is 5.73. The van der Waals surface area contributed by atoms with Gasteiger partial charge in [-0.05, 0) is 18.6 Å². The Morgan fingerprint density at radius 2 is 2.00 bits per heavy atom. The zero-order chi connectivity index (χ0) is 14.4. The van der Waals surface area contributed by atoms with E-state index in [1.807, 2.05) is 0 Å². The number of methoxy groups -OCH3 is 1. The Kier molecular flexibility index (Phi) is 6.12. The number of carbonyl (C=O) groups excluding carboxylic acids is 2. The summed E-state index contributed by atoms with van der Waals surface area (Å²) >= 11 is 11.8. The lowest BCUT2D eigenvalue weighted by atomic mass is 10.2. The summed E-state index contributed by atoms with van der Waals surface area (Å²) in [6.07, 6.45) is 0.810. The number of esters is 1. The van der Waals surface area contributed by atoms with Crippen molar-refractivity contribution in [2.45, 2.75) is 12.8 Å². The van der Waals surface area contributed by atoms with Crippen LogP contribution in [-0.4, -0.2) is 37.5 Å². The van der Waals surface area contributed by atoms with E-state index in [2.05, 4.69) is 4.74 Å². The summed E-state index contributed by atoms with van der Waals surface area (Å²) in [5, 5.41) is 0.587. The molecule has 0 aromatic heterocycles. The minimum absolute atomic E-state index is 0.225. The second kappa shape index (κ2) is 7.36. The molecule has 0 saturated heterocycles. The van der Waals surface area contributed by atoms with Crippen LogP contribution < -0.4 is 0 Å². The van der Waals surface area contributed by atoms with Gasteiger partial charge in [0.15, 0.2) is 0 Å². The highest BCUT2D eigenvalue weighted by Gasteiger charge is 2.16. The van der Waals surface area contributed by atoms with Gasteiger partial charge in [0.1, 0.15) is 0 Å². The molecule has 0 heterocycles. The molecule has 0 aliphatic carbocycles. The lowest BCUT2D eigenvalue weighted by molar-refractivity contribution is -0.140. The molecule has 0 radical (unpaired) electrons. The van der Waals surface area contributed by atoms with Crippen LogP contribution in [0.15, 0.2) is 18.2 Å². The van der Waals surface area contributed by atoms with Crippen LogP contribution in [0.5, 0.6) is 0 Å². The molecule has 0 saturated carbocycles. The Morgan fingerprint density at radius 1 is 1.32 bits per heavy atom. The van der Waals surface area contributed by atoms with Crippen LogP contribution >= 0.6 is 23.2 Å². The molecule has 1 amide bonds. The zero-order valence-corrected chi connectivity index (χ0v) is 12.3. The highest BCUT2D eigenvalue weighted by atomic mass is 35.5. The average molecular weight is 304 g/mol. The van der Waals surface area contributed by atoms with E-state index in [9.17, 15) is 9.59 Å². The largest absolute Gasteiger partial charge is 0.469 e. The maximum Gasteiger partial charge on any atom is 0.305 e. The number of ether oxygens (including phenoxy) is 1. The highest BCUT2D eigenvalue weighted by Crippen LogP contribution is 2.26. The van der Waals surface area contributed by atoms with Gasteiger partial charge < -0.3 is 9.64 Å². The van der Waals surface area contributed by atoms with E-state index in [0.29, 0.717) is 23.6 Å². The van der Waals surface area contributed by atoms with Gasteiger partial charge >= 0.3 is 5.97 Å². The third-order valence-corrected chi connectivity index (χ3v) is 3.45. The van der Waals surface area contributed by atoms with E-state index in [4.69, 9.17) is 23.2 Å². The van der Waals surface area contributed by atoms with E-state index < -0.39 is 0 Å². The second-order valence-electron chi connectivity index (χ2n) is 4.01. The molecular formula is C13H15Cl2NO3. The van der Waals surface area contributed by atoms with Crippen molar-refractivity contribution in [2.75, 3.05) is 20.7 Å². The Morgan fingerprint density at radius 3 is 2.63 bits per heavy atom. The molecule has 1 aromatic rings. The van der Waals surface area contributed by atoms with E-state index in [1.54, 1.807) is 25.2 Å². The summed E-state index contributed by atoms with van der Waals surface area (Å²) in [5.41, 5.74) is 0.356. The lowest BCUT2D eigenvalue weighted by Crippen LogP contribution is -2.28. The van der Waals surface area contributed by atoms with Crippen LogP contribution in [0.3, 0.4) is 0 Å². The molecule has 0 aliphatic rings. The summed E-state index contributed by atoms with van der Waals surface area (Å²) in [7, 11) is 2.99. The zero-order valence-electron chi connectivity index (χ0n) is 10.8. The number of rotatable bonds is 5. The van der Waals surface area contributed by atoms with Crippen LogP contribution in [0.2, 0.25) is 10.0 Å². The molecule has 0 N–H and O–H groups in total. The fourth-order valence-electron chi connectivity index (χ4n) is 1.54. The fourth-order valence-corrected chi connectivity index (χ4v) is 1.92. The van der Waals surface area contributed by atoms with Crippen LogP contribution in [0.25, 0.3) is 0 Å².